The molecule has 0 spiro atoms. The highest BCUT2D eigenvalue weighted by Gasteiger charge is 2.17. The number of esters is 1. The molecule has 0 fully saturated rings. The second-order valence-corrected chi connectivity index (χ2v) is 5.73. The van der Waals surface area contributed by atoms with Gasteiger partial charge in [0.1, 0.15) is 17.6 Å². The highest BCUT2D eigenvalue weighted by molar-refractivity contribution is 5.87. The Bertz CT molecular complexity index is 813. The number of ether oxygens (including phenoxy) is 1. The minimum atomic E-state index is -0.359. The van der Waals surface area contributed by atoms with Gasteiger partial charge < -0.3 is 9.30 Å². The van der Waals surface area contributed by atoms with E-state index in [9.17, 15) is 10.1 Å². The molecule has 0 unspecified atom stereocenters. The molecule has 0 bridgehead atoms. The highest BCUT2D eigenvalue weighted by Crippen LogP contribution is 2.22. The third kappa shape index (κ3) is 3.51. The first kappa shape index (κ1) is 15.9. The molecule has 2 heterocycles. The average molecular weight is 322 g/mol. The Morgan fingerprint density at radius 2 is 2.04 bits per heavy atom. The number of hydrogen-bond acceptors (Lipinski definition) is 5. The summed E-state index contributed by atoms with van der Waals surface area (Å²) in [6.45, 7) is 2.21. The van der Waals surface area contributed by atoms with E-state index in [2.05, 4.69) is 20.8 Å². The van der Waals surface area contributed by atoms with Gasteiger partial charge in [-0.3, -0.25) is 4.79 Å². The van der Waals surface area contributed by atoms with Crippen molar-refractivity contribution in [3.05, 3.63) is 41.5 Å². The SMILES string of the molecule is CC(=O)Oc1ccc(C=C(C#N)c2nnc3n2CCCCC3)cc1. The summed E-state index contributed by atoms with van der Waals surface area (Å²) < 4.78 is 7.06. The third-order valence-corrected chi connectivity index (χ3v) is 3.92. The van der Waals surface area contributed by atoms with E-state index >= 15 is 0 Å². The predicted octanol–water partition coefficient (Wildman–Crippen LogP) is 2.99. The number of nitriles is 1. The summed E-state index contributed by atoms with van der Waals surface area (Å²) in [7, 11) is 0. The van der Waals surface area contributed by atoms with Crippen LogP contribution in [0.1, 0.15) is 43.4 Å². The van der Waals surface area contributed by atoms with E-state index in [4.69, 9.17) is 4.74 Å². The molecule has 0 amide bonds. The number of carbonyl (C=O) groups excluding carboxylic acids is 1. The highest BCUT2D eigenvalue weighted by atomic mass is 16.5. The van der Waals surface area contributed by atoms with Crippen LogP contribution in [0.2, 0.25) is 0 Å². The van der Waals surface area contributed by atoms with E-state index in [0.717, 1.165) is 37.2 Å². The Hall–Kier alpha value is -2.94. The number of benzene rings is 1. The second-order valence-electron chi connectivity index (χ2n) is 5.73. The summed E-state index contributed by atoms with van der Waals surface area (Å²) in [6, 6.07) is 9.23. The van der Waals surface area contributed by atoms with E-state index in [1.54, 1.807) is 30.3 Å². The largest absolute Gasteiger partial charge is 0.427 e. The first-order valence-corrected chi connectivity index (χ1v) is 8.00. The normalized spacial score (nSPS) is 14.4. The van der Waals surface area contributed by atoms with Crippen molar-refractivity contribution in [1.82, 2.24) is 14.8 Å². The fourth-order valence-electron chi connectivity index (χ4n) is 2.80. The van der Waals surface area contributed by atoms with Crippen LogP contribution in [0.25, 0.3) is 11.6 Å². The lowest BCUT2D eigenvalue weighted by atomic mass is 10.1. The van der Waals surface area contributed by atoms with Gasteiger partial charge in [-0.2, -0.15) is 5.26 Å². The Morgan fingerprint density at radius 1 is 1.25 bits per heavy atom. The van der Waals surface area contributed by atoms with Crippen molar-refractivity contribution in [1.29, 1.82) is 5.26 Å². The van der Waals surface area contributed by atoms with Crippen LogP contribution in [-0.4, -0.2) is 20.7 Å². The molecule has 3 rings (SSSR count). The van der Waals surface area contributed by atoms with Gasteiger partial charge in [0.05, 0.1) is 5.57 Å². The zero-order valence-electron chi connectivity index (χ0n) is 13.5. The molecule has 6 heteroatoms. The van der Waals surface area contributed by atoms with E-state index in [1.165, 1.54) is 13.3 Å². The van der Waals surface area contributed by atoms with Gasteiger partial charge in [0.15, 0.2) is 5.82 Å². The molecule has 24 heavy (non-hydrogen) atoms. The van der Waals surface area contributed by atoms with Crippen LogP contribution in [0.3, 0.4) is 0 Å². The fourth-order valence-corrected chi connectivity index (χ4v) is 2.80. The molecule has 1 aromatic carbocycles. The van der Waals surface area contributed by atoms with Crippen LogP contribution in [0.15, 0.2) is 24.3 Å². The molecule has 0 radical (unpaired) electrons. The maximum atomic E-state index is 10.9. The summed E-state index contributed by atoms with van der Waals surface area (Å²) in [4.78, 5) is 10.9. The van der Waals surface area contributed by atoms with Gasteiger partial charge >= 0.3 is 5.97 Å². The molecule has 0 atom stereocenters. The summed E-state index contributed by atoms with van der Waals surface area (Å²) >= 11 is 0. The van der Waals surface area contributed by atoms with Crippen LogP contribution in [0, 0.1) is 11.3 Å². The van der Waals surface area contributed by atoms with Gasteiger partial charge in [0.2, 0.25) is 0 Å². The fraction of sp³-hybridized carbons (Fsp3) is 0.333. The zero-order chi connectivity index (χ0) is 16.9. The van der Waals surface area contributed by atoms with Crippen molar-refractivity contribution < 1.29 is 9.53 Å². The quantitative estimate of drug-likeness (QED) is 0.493. The summed E-state index contributed by atoms with van der Waals surface area (Å²) in [5, 5.41) is 18.0. The predicted molar refractivity (Wildman–Crippen MR) is 88.8 cm³/mol. The summed E-state index contributed by atoms with van der Waals surface area (Å²) in [5.74, 6) is 1.70. The number of rotatable bonds is 3. The molecule has 0 aliphatic carbocycles. The molecule has 0 N–H and O–H groups in total. The minimum absolute atomic E-state index is 0.359. The van der Waals surface area contributed by atoms with E-state index < -0.39 is 0 Å². The maximum absolute atomic E-state index is 10.9. The average Bonchev–Trinajstić information content (AvgIpc) is 2.82. The van der Waals surface area contributed by atoms with Crippen LogP contribution < -0.4 is 4.74 Å². The number of aryl methyl sites for hydroxylation is 1. The van der Waals surface area contributed by atoms with Crippen molar-refractivity contribution in [2.24, 2.45) is 0 Å². The number of hydrogen-bond donors (Lipinski definition) is 0. The first-order valence-electron chi connectivity index (χ1n) is 8.00. The number of nitrogens with zero attached hydrogens (tertiary/aromatic N) is 4. The first-order chi connectivity index (χ1) is 11.7. The molecule has 1 aliphatic rings. The molecular weight excluding hydrogens is 304 g/mol. The van der Waals surface area contributed by atoms with Crippen molar-refractivity contribution in [3.8, 4) is 11.8 Å². The number of fused-ring (bicyclic) bond motifs is 1. The molecule has 0 saturated heterocycles. The zero-order valence-corrected chi connectivity index (χ0v) is 13.5. The molecule has 2 aromatic rings. The van der Waals surface area contributed by atoms with Crippen molar-refractivity contribution in [2.75, 3.05) is 0 Å². The molecule has 1 aliphatic heterocycles. The van der Waals surface area contributed by atoms with Crippen molar-refractivity contribution in [3.63, 3.8) is 0 Å². The minimum Gasteiger partial charge on any atom is -0.427 e. The lowest BCUT2D eigenvalue weighted by Crippen LogP contribution is -2.05. The van der Waals surface area contributed by atoms with Crippen molar-refractivity contribution >= 4 is 17.6 Å². The Kier molecular flexibility index (Phi) is 4.71. The second kappa shape index (κ2) is 7.09. The lowest BCUT2D eigenvalue weighted by molar-refractivity contribution is -0.131. The molecular formula is C18H18N4O2. The van der Waals surface area contributed by atoms with Crippen LogP contribution in [-0.2, 0) is 17.8 Å². The topological polar surface area (TPSA) is 80.8 Å². The van der Waals surface area contributed by atoms with E-state index in [0.29, 0.717) is 17.1 Å². The van der Waals surface area contributed by atoms with Crippen LogP contribution in [0.4, 0.5) is 0 Å². The molecule has 122 valence electrons. The Labute approximate surface area is 140 Å². The van der Waals surface area contributed by atoms with Gasteiger partial charge in [0, 0.05) is 19.9 Å². The summed E-state index contributed by atoms with van der Waals surface area (Å²) in [6.07, 6.45) is 6.05. The van der Waals surface area contributed by atoms with Crippen LogP contribution >= 0.6 is 0 Å². The third-order valence-electron chi connectivity index (χ3n) is 3.92. The molecule has 1 aromatic heterocycles. The van der Waals surface area contributed by atoms with Gasteiger partial charge in [0.25, 0.3) is 0 Å². The van der Waals surface area contributed by atoms with E-state index in [-0.39, 0.29) is 5.97 Å². The van der Waals surface area contributed by atoms with Gasteiger partial charge in [-0.05, 0) is 36.6 Å². The van der Waals surface area contributed by atoms with Crippen molar-refractivity contribution in [2.45, 2.75) is 39.2 Å². The lowest BCUT2D eigenvalue weighted by Gasteiger charge is -2.06. The standard InChI is InChI=1S/C18H18N4O2/c1-13(23)24-16-8-6-14(7-9-16)11-15(12-19)18-21-20-17-5-3-2-4-10-22(17)18/h6-9,11H,2-5,10H2,1H3. The monoisotopic (exact) mass is 322 g/mol. The van der Waals surface area contributed by atoms with Gasteiger partial charge in [-0.25, -0.2) is 0 Å². The number of allylic oxidation sites excluding steroid dienone is 1. The number of carbonyl (C=O) groups is 1. The summed E-state index contributed by atoms with van der Waals surface area (Å²) in [5.41, 5.74) is 1.32. The smallest absolute Gasteiger partial charge is 0.308 e. The molecule has 0 saturated carbocycles. The van der Waals surface area contributed by atoms with Gasteiger partial charge in [-0.1, -0.05) is 18.6 Å². The van der Waals surface area contributed by atoms with Gasteiger partial charge in [-0.15, -0.1) is 10.2 Å². The maximum Gasteiger partial charge on any atom is 0.308 e. The molecule has 6 nitrogen and oxygen atoms in total. The Morgan fingerprint density at radius 3 is 2.75 bits per heavy atom. The Balaban J connectivity index is 1.89. The van der Waals surface area contributed by atoms with E-state index in [1.807, 2.05) is 0 Å². The van der Waals surface area contributed by atoms with Crippen LogP contribution in [0.5, 0.6) is 5.75 Å². The number of aromatic nitrogens is 3.